The summed E-state index contributed by atoms with van der Waals surface area (Å²) in [5.74, 6) is 0. The molecule has 1 aliphatic heterocycles. The first-order chi connectivity index (χ1) is 6.63. The fraction of sp³-hybridized carbons (Fsp3) is 0.538. The maximum absolute atomic E-state index is 2.57. The minimum atomic E-state index is 0.332. The largest absolute Gasteiger partial charge is 0.290 e. The zero-order chi connectivity index (χ0) is 10.2. The molecule has 0 saturated carbocycles. The first kappa shape index (κ1) is 9.72. The zero-order valence-corrected chi connectivity index (χ0v) is 9.38. The molecule has 1 aliphatic rings. The fourth-order valence-electron chi connectivity index (χ4n) is 1.98. The lowest BCUT2D eigenvalue weighted by molar-refractivity contribution is 0.114. The molecular formula is C13H19N. The third kappa shape index (κ3) is 1.57. The summed E-state index contributed by atoms with van der Waals surface area (Å²) in [5.41, 5.74) is 3.35. The molecule has 1 aromatic rings. The van der Waals surface area contributed by atoms with Gasteiger partial charge in [0.05, 0.1) is 0 Å². The second-order valence-corrected chi connectivity index (χ2v) is 4.79. The maximum Gasteiger partial charge on any atom is 0.0245 e. The molecule has 1 nitrogen and oxygen atoms in total. The van der Waals surface area contributed by atoms with E-state index in [2.05, 4.69) is 49.9 Å². The van der Waals surface area contributed by atoms with Gasteiger partial charge in [0, 0.05) is 18.6 Å². The quantitative estimate of drug-likeness (QED) is 0.690. The average molecular weight is 189 g/mol. The Bertz CT molecular complexity index is 303. The molecule has 1 aromatic carbocycles. The van der Waals surface area contributed by atoms with Crippen molar-refractivity contribution in [2.24, 2.45) is 0 Å². The molecular weight excluding hydrogens is 170 g/mol. The standard InChI is InChI=1S/C13H19N/c1-4-13(2,3)14-9-11-7-5-6-8-12(11)10-14/h5-8H,4,9-10H2,1-3H3. The van der Waals surface area contributed by atoms with Crippen LogP contribution in [0.5, 0.6) is 0 Å². The minimum absolute atomic E-state index is 0.332. The molecule has 0 aromatic heterocycles. The number of nitrogens with zero attached hydrogens (tertiary/aromatic N) is 1. The van der Waals surface area contributed by atoms with Crippen LogP contribution in [0.2, 0.25) is 0 Å². The number of fused-ring (bicyclic) bond motifs is 1. The lowest BCUT2D eigenvalue weighted by atomic mass is 10.00. The van der Waals surface area contributed by atoms with Crippen LogP contribution in [0.25, 0.3) is 0 Å². The molecule has 0 radical (unpaired) electrons. The van der Waals surface area contributed by atoms with Crippen molar-refractivity contribution in [1.82, 2.24) is 4.90 Å². The Morgan fingerprint density at radius 1 is 1.14 bits per heavy atom. The second kappa shape index (κ2) is 3.39. The van der Waals surface area contributed by atoms with Gasteiger partial charge in [0.1, 0.15) is 0 Å². The Labute approximate surface area is 86.7 Å². The topological polar surface area (TPSA) is 3.24 Å². The average Bonchev–Trinajstić information content (AvgIpc) is 2.61. The second-order valence-electron chi connectivity index (χ2n) is 4.79. The first-order valence-corrected chi connectivity index (χ1v) is 5.45. The van der Waals surface area contributed by atoms with E-state index in [1.54, 1.807) is 0 Å². The molecule has 0 amide bonds. The highest BCUT2D eigenvalue weighted by atomic mass is 15.2. The maximum atomic E-state index is 2.57. The highest BCUT2D eigenvalue weighted by molar-refractivity contribution is 5.30. The number of benzene rings is 1. The van der Waals surface area contributed by atoms with Crippen LogP contribution in [-0.2, 0) is 13.1 Å². The van der Waals surface area contributed by atoms with Crippen LogP contribution in [0.15, 0.2) is 24.3 Å². The van der Waals surface area contributed by atoms with Crippen molar-refractivity contribution >= 4 is 0 Å². The van der Waals surface area contributed by atoms with Crippen molar-refractivity contribution in [1.29, 1.82) is 0 Å². The van der Waals surface area contributed by atoms with Crippen molar-refractivity contribution in [2.75, 3.05) is 0 Å². The normalized spacial score (nSPS) is 17.1. The van der Waals surface area contributed by atoms with Crippen molar-refractivity contribution in [3.8, 4) is 0 Å². The summed E-state index contributed by atoms with van der Waals surface area (Å²) in [6, 6.07) is 8.78. The van der Waals surface area contributed by atoms with Gasteiger partial charge in [-0.2, -0.15) is 0 Å². The van der Waals surface area contributed by atoms with E-state index in [4.69, 9.17) is 0 Å². The van der Waals surface area contributed by atoms with Gasteiger partial charge in [-0.15, -0.1) is 0 Å². The molecule has 0 atom stereocenters. The summed E-state index contributed by atoms with van der Waals surface area (Å²) in [5, 5.41) is 0. The van der Waals surface area contributed by atoms with Gasteiger partial charge in [-0.25, -0.2) is 0 Å². The summed E-state index contributed by atoms with van der Waals surface area (Å²) in [4.78, 5) is 2.57. The van der Waals surface area contributed by atoms with Crippen LogP contribution < -0.4 is 0 Å². The predicted octanol–water partition coefficient (Wildman–Crippen LogP) is 3.19. The van der Waals surface area contributed by atoms with E-state index in [1.807, 2.05) is 0 Å². The Hall–Kier alpha value is -0.820. The third-order valence-corrected chi connectivity index (χ3v) is 3.56. The van der Waals surface area contributed by atoms with E-state index >= 15 is 0 Å². The van der Waals surface area contributed by atoms with E-state index in [0.717, 1.165) is 13.1 Å². The Balaban J connectivity index is 2.19. The summed E-state index contributed by atoms with van der Waals surface area (Å²) >= 11 is 0. The molecule has 0 N–H and O–H groups in total. The van der Waals surface area contributed by atoms with Crippen molar-refractivity contribution in [3.05, 3.63) is 35.4 Å². The minimum Gasteiger partial charge on any atom is -0.290 e. The molecule has 0 saturated heterocycles. The van der Waals surface area contributed by atoms with E-state index in [1.165, 1.54) is 17.5 Å². The number of rotatable bonds is 2. The zero-order valence-electron chi connectivity index (χ0n) is 9.38. The van der Waals surface area contributed by atoms with Gasteiger partial charge < -0.3 is 0 Å². The van der Waals surface area contributed by atoms with Crippen LogP contribution in [0.3, 0.4) is 0 Å². The van der Waals surface area contributed by atoms with Gasteiger partial charge in [0.25, 0.3) is 0 Å². The van der Waals surface area contributed by atoms with Crippen LogP contribution in [-0.4, -0.2) is 10.4 Å². The number of hydrogen-bond acceptors (Lipinski definition) is 1. The summed E-state index contributed by atoms with van der Waals surface area (Å²) in [6.45, 7) is 9.18. The Morgan fingerprint density at radius 2 is 1.64 bits per heavy atom. The molecule has 76 valence electrons. The summed E-state index contributed by atoms with van der Waals surface area (Å²) in [7, 11) is 0. The third-order valence-electron chi connectivity index (χ3n) is 3.56. The SMILES string of the molecule is CCC(C)(C)N1Cc2ccccc2C1. The molecule has 2 rings (SSSR count). The van der Waals surface area contributed by atoms with E-state index < -0.39 is 0 Å². The molecule has 0 unspecified atom stereocenters. The fourth-order valence-corrected chi connectivity index (χ4v) is 1.98. The van der Waals surface area contributed by atoms with Gasteiger partial charge in [-0.3, -0.25) is 4.90 Å². The van der Waals surface area contributed by atoms with Gasteiger partial charge >= 0.3 is 0 Å². The molecule has 14 heavy (non-hydrogen) atoms. The van der Waals surface area contributed by atoms with Gasteiger partial charge in [-0.05, 0) is 31.4 Å². The highest BCUT2D eigenvalue weighted by Gasteiger charge is 2.29. The monoisotopic (exact) mass is 189 g/mol. The Morgan fingerprint density at radius 3 is 2.07 bits per heavy atom. The smallest absolute Gasteiger partial charge is 0.0245 e. The summed E-state index contributed by atoms with van der Waals surface area (Å²) < 4.78 is 0. The van der Waals surface area contributed by atoms with Crippen LogP contribution in [0.4, 0.5) is 0 Å². The molecule has 1 heterocycles. The molecule has 0 fully saturated rings. The van der Waals surface area contributed by atoms with Crippen LogP contribution >= 0.6 is 0 Å². The molecule has 0 aliphatic carbocycles. The van der Waals surface area contributed by atoms with Crippen LogP contribution in [0.1, 0.15) is 38.3 Å². The van der Waals surface area contributed by atoms with E-state index in [9.17, 15) is 0 Å². The molecule has 0 bridgehead atoms. The van der Waals surface area contributed by atoms with Crippen LogP contribution in [0, 0.1) is 0 Å². The molecule has 0 spiro atoms. The van der Waals surface area contributed by atoms with Crippen molar-refractivity contribution in [2.45, 2.75) is 45.8 Å². The Kier molecular flexibility index (Phi) is 2.36. The highest BCUT2D eigenvalue weighted by Crippen LogP contribution is 2.30. The van der Waals surface area contributed by atoms with E-state index in [0.29, 0.717) is 5.54 Å². The first-order valence-electron chi connectivity index (χ1n) is 5.45. The van der Waals surface area contributed by atoms with Crippen molar-refractivity contribution < 1.29 is 0 Å². The van der Waals surface area contributed by atoms with Gasteiger partial charge in [0.15, 0.2) is 0 Å². The predicted molar refractivity (Wildman–Crippen MR) is 60.1 cm³/mol. The molecule has 1 heteroatoms. The van der Waals surface area contributed by atoms with Gasteiger partial charge in [0.2, 0.25) is 0 Å². The number of hydrogen-bond donors (Lipinski definition) is 0. The van der Waals surface area contributed by atoms with Gasteiger partial charge in [-0.1, -0.05) is 31.2 Å². The summed E-state index contributed by atoms with van der Waals surface area (Å²) in [6.07, 6.45) is 1.21. The lowest BCUT2D eigenvalue weighted by Gasteiger charge is -2.34. The van der Waals surface area contributed by atoms with Crippen molar-refractivity contribution in [3.63, 3.8) is 0 Å². The van der Waals surface area contributed by atoms with E-state index in [-0.39, 0.29) is 0 Å². The lowest BCUT2D eigenvalue weighted by Crippen LogP contribution is -2.39.